The van der Waals surface area contributed by atoms with Crippen LogP contribution >= 0.6 is 23.2 Å². The molecule has 0 saturated carbocycles. The SMILES string of the molecule is Clc1cccc(Nc2nc(Cl)nc(-n3ccnc3)n2)c1. The standard InChI is InChI=1S/C12H8Cl2N6/c13-8-2-1-3-9(6-8)16-11-17-10(14)18-12(19-11)20-5-4-15-7-20/h1-7H,(H,16,17,18,19). The number of nitrogens with one attached hydrogen (secondary N) is 1. The monoisotopic (exact) mass is 306 g/mol. The summed E-state index contributed by atoms with van der Waals surface area (Å²) >= 11 is 11.8. The summed E-state index contributed by atoms with van der Waals surface area (Å²) in [6, 6.07) is 7.21. The van der Waals surface area contributed by atoms with Crippen molar-refractivity contribution < 1.29 is 0 Å². The Morgan fingerprint density at radius 2 is 2.00 bits per heavy atom. The van der Waals surface area contributed by atoms with Crippen molar-refractivity contribution in [1.29, 1.82) is 0 Å². The van der Waals surface area contributed by atoms with Crippen LogP contribution in [0.4, 0.5) is 11.6 Å². The van der Waals surface area contributed by atoms with Gasteiger partial charge in [-0.25, -0.2) is 4.98 Å². The van der Waals surface area contributed by atoms with Gasteiger partial charge in [-0.15, -0.1) is 0 Å². The Labute approximate surface area is 124 Å². The van der Waals surface area contributed by atoms with Crippen molar-refractivity contribution >= 4 is 34.8 Å². The Morgan fingerprint density at radius 1 is 1.10 bits per heavy atom. The van der Waals surface area contributed by atoms with Gasteiger partial charge in [-0.1, -0.05) is 17.7 Å². The van der Waals surface area contributed by atoms with Crippen molar-refractivity contribution in [1.82, 2.24) is 24.5 Å². The molecule has 6 nitrogen and oxygen atoms in total. The first-order chi connectivity index (χ1) is 9.70. The molecular formula is C12H8Cl2N6. The van der Waals surface area contributed by atoms with Crippen LogP contribution < -0.4 is 5.32 Å². The lowest BCUT2D eigenvalue weighted by atomic mass is 10.3. The number of anilines is 2. The minimum atomic E-state index is 0.0910. The molecule has 0 saturated heterocycles. The van der Waals surface area contributed by atoms with E-state index in [1.165, 1.54) is 0 Å². The molecule has 0 fully saturated rings. The molecule has 100 valence electrons. The van der Waals surface area contributed by atoms with Crippen molar-refractivity contribution in [2.24, 2.45) is 0 Å². The van der Waals surface area contributed by atoms with Crippen LogP contribution in [0.3, 0.4) is 0 Å². The van der Waals surface area contributed by atoms with Gasteiger partial charge in [0.25, 0.3) is 0 Å². The summed E-state index contributed by atoms with van der Waals surface area (Å²) in [7, 11) is 0. The summed E-state index contributed by atoms with van der Waals surface area (Å²) in [4.78, 5) is 16.3. The van der Waals surface area contributed by atoms with Crippen LogP contribution in [0, 0.1) is 0 Å². The fraction of sp³-hybridized carbons (Fsp3) is 0. The molecule has 20 heavy (non-hydrogen) atoms. The zero-order valence-corrected chi connectivity index (χ0v) is 11.5. The minimum absolute atomic E-state index is 0.0910. The maximum absolute atomic E-state index is 5.92. The summed E-state index contributed by atoms with van der Waals surface area (Å²) < 4.78 is 1.64. The molecule has 3 aromatic rings. The first-order valence-corrected chi connectivity index (χ1v) is 6.39. The predicted molar refractivity (Wildman–Crippen MR) is 76.7 cm³/mol. The summed E-state index contributed by atoms with van der Waals surface area (Å²) in [6.07, 6.45) is 4.92. The van der Waals surface area contributed by atoms with Crippen molar-refractivity contribution in [3.8, 4) is 5.95 Å². The third-order valence-electron chi connectivity index (χ3n) is 2.41. The van der Waals surface area contributed by atoms with E-state index in [1.807, 2.05) is 12.1 Å². The van der Waals surface area contributed by atoms with Crippen LogP contribution in [-0.2, 0) is 0 Å². The highest BCUT2D eigenvalue weighted by molar-refractivity contribution is 6.30. The van der Waals surface area contributed by atoms with Gasteiger partial charge in [-0.05, 0) is 29.8 Å². The topological polar surface area (TPSA) is 68.5 Å². The van der Waals surface area contributed by atoms with E-state index >= 15 is 0 Å². The second kappa shape index (κ2) is 5.44. The van der Waals surface area contributed by atoms with Gasteiger partial charge in [0.05, 0.1) is 0 Å². The van der Waals surface area contributed by atoms with E-state index in [2.05, 4.69) is 25.3 Å². The number of halogens is 2. The van der Waals surface area contributed by atoms with E-state index in [1.54, 1.807) is 35.4 Å². The Bertz CT molecular complexity index is 729. The van der Waals surface area contributed by atoms with E-state index in [0.717, 1.165) is 5.69 Å². The van der Waals surface area contributed by atoms with E-state index < -0.39 is 0 Å². The molecule has 0 amide bonds. The van der Waals surface area contributed by atoms with Gasteiger partial charge < -0.3 is 5.32 Å². The molecule has 0 unspecified atom stereocenters. The Morgan fingerprint density at radius 3 is 2.75 bits per heavy atom. The van der Waals surface area contributed by atoms with Crippen LogP contribution in [0.25, 0.3) is 5.95 Å². The molecule has 1 aromatic carbocycles. The molecular weight excluding hydrogens is 299 g/mol. The Balaban J connectivity index is 1.94. The molecule has 1 N–H and O–H groups in total. The van der Waals surface area contributed by atoms with Gasteiger partial charge in [-0.3, -0.25) is 4.57 Å². The fourth-order valence-corrected chi connectivity index (χ4v) is 1.93. The van der Waals surface area contributed by atoms with Crippen LogP contribution in [0.2, 0.25) is 10.3 Å². The Hall–Kier alpha value is -2.18. The van der Waals surface area contributed by atoms with Crippen molar-refractivity contribution in [2.45, 2.75) is 0 Å². The molecule has 3 rings (SSSR count). The van der Waals surface area contributed by atoms with E-state index in [-0.39, 0.29) is 5.28 Å². The van der Waals surface area contributed by atoms with Gasteiger partial charge in [0.2, 0.25) is 17.2 Å². The average molecular weight is 307 g/mol. The maximum atomic E-state index is 5.92. The van der Waals surface area contributed by atoms with Gasteiger partial charge in [0.1, 0.15) is 6.33 Å². The second-order valence-electron chi connectivity index (χ2n) is 3.83. The van der Waals surface area contributed by atoms with Crippen LogP contribution in [0.15, 0.2) is 43.0 Å². The molecule has 2 heterocycles. The van der Waals surface area contributed by atoms with Gasteiger partial charge in [-0.2, -0.15) is 15.0 Å². The second-order valence-corrected chi connectivity index (χ2v) is 4.61. The molecule has 0 radical (unpaired) electrons. The highest BCUT2D eigenvalue weighted by Gasteiger charge is 2.07. The number of benzene rings is 1. The van der Waals surface area contributed by atoms with E-state index in [9.17, 15) is 0 Å². The third kappa shape index (κ3) is 2.87. The lowest BCUT2D eigenvalue weighted by Crippen LogP contribution is -2.05. The largest absolute Gasteiger partial charge is 0.324 e. The summed E-state index contributed by atoms with van der Waals surface area (Å²) in [6.45, 7) is 0. The number of rotatable bonds is 3. The van der Waals surface area contributed by atoms with E-state index in [4.69, 9.17) is 23.2 Å². The number of hydrogen-bond acceptors (Lipinski definition) is 5. The van der Waals surface area contributed by atoms with Crippen molar-refractivity contribution in [3.63, 3.8) is 0 Å². The zero-order chi connectivity index (χ0) is 13.9. The Kier molecular flexibility index (Phi) is 3.49. The lowest BCUT2D eigenvalue weighted by molar-refractivity contribution is 0.899. The van der Waals surface area contributed by atoms with Gasteiger partial charge in [0.15, 0.2) is 0 Å². The molecule has 0 aliphatic rings. The average Bonchev–Trinajstić information content (AvgIpc) is 2.91. The highest BCUT2D eigenvalue weighted by atomic mass is 35.5. The van der Waals surface area contributed by atoms with Crippen LogP contribution in [-0.4, -0.2) is 24.5 Å². The quantitative estimate of drug-likeness (QED) is 0.805. The molecule has 8 heteroatoms. The smallest absolute Gasteiger partial charge is 0.241 e. The van der Waals surface area contributed by atoms with E-state index in [0.29, 0.717) is 16.9 Å². The molecule has 0 atom stereocenters. The molecule has 0 aliphatic carbocycles. The normalized spacial score (nSPS) is 10.5. The zero-order valence-electron chi connectivity index (χ0n) is 10.0. The van der Waals surface area contributed by atoms with Crippen LogP contribution in [0.5, 0.6) is 0 Å². The predicted octanol–water partition coefficient (Wildman–Crippen LogP) is 3.11. The minimum Gasteiger partial charge on any atom is -0.324 e. The first kappa shape index (κ1) is 12.8. The number of nitrogens with zero attached hydrogens (tertiary/aromatic N) is 5. The van der Waals surface area contributed by atoms with Gasteiger partial charge >= 0.3 is 0 Å². The van der Waals surface area contributed by atoms with Crippen molar-refractivity contribution in [3.05, 3.63) is 53.3 Å². The molecule has 0 bridgehead atoms. The fourth-order valence-electron chi connectivity index (χ4n) is 1.58. The lowest BCUT2D eigenvalue weighted by Gasteiger charge is -2.07. The third-order valence-corrected chi connectivity index (χ3v) is 2.82. The molecule has 2 aromatic heterocycles. The van der Waals surface area contributed by atoms with Crippen LogP contribution in [0.1, 0.15) is 0 Å². The summed E-state index contributed by atoms with van der Waals surface area (Å²) in [5.74, 6) is 0.711. The van der Waals surface area contributed by atoms with Crippen molar-refractivity contribution in [2.75, 3.05) is 5.32 Å². The summed E-state index contributed by atoms with van der Waals surface area (Å²) in [5.41, 5.74) is 0.761. The molecule has 0 spiro atoms. The summed E-state index contributed by atoms with van der Waals surface area (Å²) in [5, 5.41) is 3.73. The first-order valence-electron chi connectivity index (χ1n) is 5.63. The highest BCUT2D eigenvalue weighted by Crippen LogP contribution is 2.19. The van der Waals surface area contributed by atoms with Gasteiger partial charge in [0, 0.05) is 23.1 Å². The number of aromatic nitrogens is 5. The number of imidazole rings is 1. The maximum Gasteiger partial charge on any atom is 0.241 e. The molecule has 0 aliphatic heterocycles. The number of hydrogen-bond donors (Lipinski definition) is 1.